The second-order valence-corrected chi connectivity index (χ2v) is 8.67. The van der Waals surface area contributed by atoms with Crippen LogP contribution in [0.15, 0.2) is 40.3 Å². The molecule has 0 aliphatic carbocycles. The van der Waals surface area contributed by atoms with Crippen molar-refractivity contribution in [2.45, 2.75) is 29.7 Å². The van der Waals surface area contributed by atoms with Crippen LogP contribution in [0.3, 0.4) is 0 Å². The zero-order valence-electron chi connectivity index (χ0n) is 14.3. The van der Waals surface area contributed by atoms with Crippen LogP contribution < -0.4 is 0 Å². The van der Waals surface area contributed by atoms with Crippen LogP contribution in [0.4, 0.5) is 0 Å². The SMILES string of the molecule is Cc1nn2cc3c(nc2c1S(=O)(=O)c1cccc(Cl)c1)CCN(C)C3.Cl. The van der Waals surface area contributed by atoms with E-state index in [1.807, 2.05) is 6.20 Å². The van der Waals surface area contributed by atoms with E-state index in [1.165, 1.54) is 12.1 Å². The largest absolute Gasteiger partial charge is 0.302 e. The molecule has 0 bridgehead atoms. The van der Waals surface area contributed by atoms with Crippen molar-refractivity contribution in [1.82, 2.24) is 19.5 Å². The number of hydrogen-bond donors (Lipinski definition) is 0. The Kier molecular flexibility index (Phi) is 5.00. The number of nitrogens with zero attached hydrogens (tertiary/aromatic N) is 4. The predicted molar refractivity (Wildman–Crippen MR) is 102 cm³/mol. The van der Waals surface area contributed by atoms with Crippen LogP contribution in [0, 0.1) is 6.92 Å². The molecule has 0 atom stereocenters. The molecule has 0 fully saturated rings. The highest BCUT2D eigenvalue weighted by Crippen LogP contribution is 2.29. The van der Waals surface area contributed by atoms with Gasteiger partial charge in [0.1, 0.15) is 4.90 Å². The Morgan fingerprint density at radius 2 is 2.04 bits per heavy atom. The van der Waals surface area contributed by atoms with E-state index in [9.17, 15) is 8.42 Å². The van der Waals surface area contributed by atoms with Gasteiger partial charge in [-0.15, -0.1) is 12.4 Å². The fourth-order valence-electron chi connectivity index (χ4n) is 3.22. The molecular weight excluding hydrogens is 395 g/mol. The number of likely N-dealkylation sites (N-methyl/N-ethyl adjacent to an activating group) is 1. The molecule has 1 aliphatic heterocycles. The van der Waals surface area contributed by atoms with Gasteiger partial charge in [-0.05, 0) is 32.2 Å². The lowest BCUT2D eigenvalue weighted by Crippen LogP contribution is -2.27. The number of rotatable bonds is 2. The maximum atomic E-state index is 13.1. The van der Waals surface area contributed by atoms with Gasteiger partial charge in [-0.1, -0.05) is 17.7 Å². The average Bonchev–Trinajstić information content (AvgIpc) is 2.88. The molecule has 0 saturated carbocycles. The van der Waals surface area contributed by atoms with Gasteiger partial charge in [0, 0.05) is 36.3 Å². The van der Waals surface area contributed by atoms with Crippen molar-refractivity contribution in [2.75, 3.05) is 13.6 Å². The number of aromatic nitrogens is 3. The first kappa shape index (κ1) is 19.1. The third kappa shape index (κ3) is 3.09. The first-order valence-electron chi connectivity index (χ1n) is 7.93. The highest BCUT2D eigenvalue weighted by Gasteiger charge is 2.28. The Bertz CT molecular complexity index is 1100. The molecule has 1 aromatic carbocycles. The lowest BCUT2D eigenvalue weighted by atomic mass is 10.1. The summed E-state index contributed by atoms with van der Waals surface area (Å²) in [4.78, 5) is 7.15. The monoisotopic (exact) mass is 412 g/mol. The van der Waals surface area contributed by atoms with E-state index in [-0.39, 0.29) is 22.2 Å². The van der Waals surface area contributed by atoms with Crippen molar-refractivity contribution < 1.29 is 8.42 Å². The van der Waals surface area contributed by atoms with Gasteiger partial charge in [0.25, 0.3) is 0 Å². The number of benzene rings is 1. The molecule has 4 rings (SSSR count). The first-order chi connectivity index (χ1) is 11.9. The molecule has 138 valence electrons. The van der Waals surface area contributed by atoms with Crippen molar-refractivity contribution in [1.29, 1.82) is 0 Å². The van der Waals surface area contributed by atoms with Crippen molar-refractivity contribution in [3.8, 4) is 0 Å². The molecule has 1 aliphatic rings. The minimum absolute atomic E-state index is 0. The lowest BCUT2D eigenvalue weighted by molar-refractivity contribution is 0.309. The van der Waals surface area contributed by atoms with E-state index >= 15 is 0 Å². The summed E-state index contributed by atoms with van der Waals surface area (Å²) in [7, 11) is -1.70. The number of fused-ring (bicyclic) bond motifs is 2. The molecule has 0 saturated heterocycles. The van der Waals surface area contributed by atoms with Crippen LogP contribution in [-0.2, 0) is 22.8 Å². The van der Waals surface area contributed by atoms with E-state index < -0.39 is 9.84 Å². The molecule has 0 radical (unpaired) electrons. The number of hydrogen-bond acceptors (Lipinski definition) is 5. The van der Waals surface area contributed by atoms with Crippen molar-refractivity contribution in [3.05, 3.63) is 52.4 Å². The summed E-state index contributed by atoms with van der Waals surface area (Å²) >= 11 is 5.97. The Hall–Kier alpha value is -1.67. The fourth-order valence-corrected chi connectivity index (χ4v) is 5.06. The summed E-state index contributed by atoms with van der Waals surface area (Å²) in [6.45, 7) is 3.38. The summed E-state index contributed by atoms with van der Waals surface area (Å²) in [5.74, 6) is 0. The Labute approximate surface area is 163 Å². The molecule has 0 unspecified atom stereocenters. The minimum atomic E-state index is -3.75. The van der Waals surface area contributed by atoms with Crippen LogP contribution in [0.1, 0.15) is 17.0 Å². The number of halogens is 2. The van der Waals surface area contributed by atoms with Crippen LogP contribution in [0.2, 0.25) is 5.02 Å². The second kappa shape index (κ2) is 6.81. The number of sulfone groups is 1. The second-order valence-electron chi connectivity index (χ2n) is 6.34. The standard InChI is InChI=1S/C17H17ClN4O2S.ClH/c1-11-16(25(23,24)14-5-3-4-13(18)8-14)17-19-15-6-7-21(2)9-12(15)10-22(17)20-11;/h3-5,8,10H,6-7,9H2,1-2H3;1H. The molecule has 2 aromatic heterocycles. The molecular formula is C17H18Cl2N4O2S. The van der Waals surface area contributed by atoms with E-state index in [1.54, 1.807) is 23.6 Å². The maximum Gasteiger partial charge on any atom is 0.212 e. The Morgan fingerprint density at radius 3 is 2.77 bits per heavy atom. The summed E-state index contributed by atoms with van der Waals surface area (Å²) < 4.78 is 27.9. The van der Waals surface area contributed by atoms with Gasteiger partial charge < -0.3 is 4.90 Å². The number of aryl methyl sites for hydroxylation is 1. The maximum absolute atomic E-state index is 13.1. The molecule has 0 N–H and O–H groups in total. The van der Waals surface area contributed by atoms with Crippen LogP contribution in [-0.4, -0.2) is 41.5 Å². The highest BCUT2D eigenvalue weighted by molar-refractivity contribution is 7.91. The van der Waals surface area contributed by atoms with Crippen molar-refractivity contribution in [3.63, 3.8) is 0 Å². The molecule has 0 amide bonds. The molecule has 26 heavy (non-hydrogen) atoms. The van der Waals surface area contributed by atoms with Gasteiger partial charge in [-0.2, -0.15) is 5.10 Å². The normalized spacial score (nSPS) is 14.9. The molecule has 3 heterocycles. The summed E-state index contributed by atoms with van der Waals surface area (Å²) in [6, 6.07) is 6.26. The molecule has 3 aromatic rings. The smallest absolute Gasteiger partial charge is 0.212 e. The van der Waals surface area contributed by atoms with Gasteiger partial charge in [-0.3, -0.25) is 0 Å². The molecule has 9 heteroatoms. The highest BCUT2D eigenvalue weighted by atomic mass is 35.5. The topological polar surface area (TPSA) is 67.6 Å². The van der Waals surface area contributed by atoms with Gasteiger partial charge in [-0.25, -0.2) is 17.9 Å². The quantitative estimate of drug-likeness (QED) is 0.646. The zero-order chi connectivity index (χ0) is 17.8. The Balaban J connectivity index is 0.00000196. The van der Waals surface area contributed by atoms with E-state index in [4.69, 9.17) is 11.6 Å². The molecule has 0 spiro atoms. The van der Waals surface area contributed by atoms with Crippen LogP contribution in [0.25, 0.3) is 5.65 Å². The lowest BCUT2D eigenvalue weighted by Gasteiger charge is -2.23. The average molecular weight is 413 g/mol. The third-order valence-electron chi connectivity index (χ3n) is 4.44. The van der Waals surface area contributed by atoms with Gasteiger partial charge >= 0.3 is 0 Å². The first-order valence-corrected chi connectivity index (χ1v) is 9.79. The van der Waals surface area contributed by atoms with Crippen molar-refractivity contribution in [2.24, 2.45) is 0 Å². The van der Waals surface area contributed by atoms with Crippen LogP contribution >= 0.6 is 24.0 Å². The molecule has 6 nitrogen and oxygen atoms in total. The van der Waals surface area contributed by atoms with Gasteiger partial charge in [0.15, 0.2) is 5.65 Å². The fraction of sp³-hybridized carbons (Fsp3) is 0.294. The summed E-state index contributed by atoms with van der Waals surface area (Å²) in [6.07, 6.45) is 2.68. The van der Waals surface area contributed by atoms with E-state index in [0.29, 0.717) is 16.4 Å². The van der Waals surface area contributed by atoms with Crippen molar-refractivity contribution >= 4 is 39.5 Å². The van der Waals surface area contributed by atoms with Crippen LogP contribution in [0.5, 0.6) is 0 Å². The predicted octanol–water partition coefficient (Wildman–Crippen LogP) is 2.93. The third-order valence-corrected chi connectivity index (χ3v) is 6.57. The minimum Gasteiger partial charge on any atom is -0.302 e. The van der Waals surface area contributed by atoms with Gasteiger partial charge in [0.05, 0.1) is 16.3 Å². The Morgan fingerprint density at radius 1 is 1.27 bits per heavy atom. The summed E-state index contributed by atoms with van der Waals surface area (Å²) in [5.41, 5.74) is 2.83. The van der Waals surface area contributed by atoms with E-state index in [0.717, 1.165) is 30.8 Å². The van der Waals surface area contributed by atoms with Gasteiger partial charge in [0.2, 0.25) is 9.84 Å². The zero-order valence-corrected chi connectivity index (χ0v) is 16.7. The summed E-state index contributed by atoms with van der Waals surface area (Å²) in [5, 5.41) is 4.76. The van der Waals surface area contributed by atoms with E-state index in [2.05, 4.69) is 22.0 Å².